The summed E-state index contributed by atoms with van der Waals surface area (Å²) in [5.41, 5.74) is 9.65. The summed E-state index contributed by atoms with van der Waals surface area (Å²) >= 11 is 0. The highest BCUT2D eigenvalue weighted by Gasteiger charge is 2.31. The lowest BCUT2D eigenvalue weighted by Crippen LogP contribution is -2.50. The zero-order valence-electron chi connectivity index (χ0n) is 16.6. The molecular formula is C23H31N3O. The number of hydrogen-bond donors (Lipinski definition) is 1. The molecule has 0 spiro atoms. The molecule has 2 aromatic rings. The smallest absolute Gasteiger partial charge is 0.244 e. The average molecular weight is 366 g/mol. The minimum Gasteiger partial charge on any atom is -0.341 e. The van der Waals surface area contributed by atoms with E-state index in [1.54, 1.807) is 0 Å². The number of amides is 1. The molecule has 3 unspecified atom stereocenters. The van der Waals surface area contributed by atoms with Crippen LogP contribution in [0.1, 0.15) is 42.5 Å². The lowest BCUT2D eigenvalue weighted by molar-refractivity contribution is -0.134. The van der Waals surface area contributed by atoms with E-state index in [0.717, 1.165) is 31.5 Å². The minimum absolute atomic E-state index is 0.00700. The molecule has 0 aromatic heterocycles. The van der Waals surface area contributed by atoms with E-state index < -0.39 is 6.04 Å². The molecule has 0 saturated carbocycles. The third-order valence-electron chi connectivity index (χ3n) is 5.81. The highest BCUT2D eigenvalue weighted by Crippen LogP contribution is 2.25. The molecule has 2 aromatic carbocycles. The SMILES string of the molecule is Cc1ccc(C(N)C(=O)N(C)C2CCN(Cc3ccccc3)C(C)C2)cc1. The van der Waals surface area contributed by atoms with Crippen LogP contribution in [0.3, 0.4) is 0 Å². The molecule has 0 bridgehead atoms. The van der Waals surface area contributed by atoms with Crippen LogP contribution in [0.15, 0.2) is 54.6 Å². The van der Waals surface area contributed by atoms with E-state index in [2.05, 4.69) is 42.2 Å². The number of piperidine rings is 1. The van der Waals surface area contributed by atoms with Crippen molar-refractivity contribution in [3.63, 3.8) is 0 Å². The van der Waals surface area contributed by atoms with Gasteiger partial charge in [-0.25, -0.2) is 0 Å². The number of carbonyl (C=O) groups is 1. The van der Waals surface area contributed by atoms with Crippen molar-refractivity contribution in [2.75, 3.05) is 13.6 Å². The van der Waals surface area contributed by atoms with E-state index in [4.69, 9.17) is 5.73 Å². The fourth-order valence-corrected chi connectivity index (χ4v) is 3.92. The molecule has 1 heterocycles. The molecule has 4 heteroatoms. The summed E-state index contributed by atoms with van der Waals surface area (Å²) < 4.78 is 0. The second-order valence-corrected chi connectivity index (χ2v) is 7.82. The summed E-state index contributed by atoms with van der Waals surface area (Å²) in [6.07, 6.45) is 1.97. The number of hydrogen-bond acceptors (Lipinski definition) is 3. The topological polar surface area (TPSA) is 49.6 Å². The maximum absolute atomic E-state index is 12.9. The van der Waals surface area contributed by atoms with Crippen LogP contribution in [0.4, 0.5) is 0 Å². The van der Waals surface area contributed by atoms with Crippen LogP contribution < -0.4 is 5.73 Å². The van der Waals surface area contributed by atoms with Crippen molar-refractivity contribution in [3.05, 3.63) is 71.3 Å². The Balaban J connectivity index is 1.58. The van der Waals surface area contributed by atoms with Crippen molar-refractivity contribution in [1.29, 1.82) is 0 Å². The predicted octanol–water partition coefficient (Wildman–Crippen LogP) is 3.51. The molecule has 27 heavy (non-hydrogen) atoms. The van der Waals surface area contributed by atoms with Gasteiger partial charge >= 0.3 is 0 Å². The number of nitrogens with two attached hydrogens (primary N) is 1. The standard InChI is InChI=1S/C23H31N3O/c1-17-9-11-20(12-10-17)22(24)23(27)25(3)21-13-14-26(18(2)15-21)16-19-7-5-4-6-8-19/h4-12,18,21-22H,13-16,24H2,1-3H3. The highest BCUT2D eigenvalue weighted by molar-refractivity contribution is 5.83. The quantitative estimate of drug-likeness (QED) is 0.882. The number of benzene rings is 2. The monoisotopic (exact) mass is 365 g/mol. The van der Waals surface area contributed by atoms with Gasteiger partial charge < -0.3 is 10.6 Å². The van der Waals surface area contributed by atoms with Gasteiger partial charge in [-0.3, -0.25) is 9.69 Å². The molecule has 4 nitrogen and oxygen atoms in total. The molecular weight excluding hydrogens is 334 g/mol. The minimum atomic E-state index is -0.590. The number of rotatable bonds is 5. The lowest BCUT2D eigenvalue weighted by atomic mass is 9.95. The fraction of sp³-hybridized carbons (Fsp3) is 0.435. The Labute approximate surface area is 163 Å². The van der Waals surface area contributed by atoms with Crippen LogP contribution in [0.5, 0.6) is 0 Å². The molecule has 0 radical (unpaired) electrons. The van der Waals surface area contributed by atoms with Crippen molar-refractivity contribution in [2.45, 2.75) is 51.4 Å². The molecule has 1 amide bonds. The summed E-state index contributed by atoms with van der Waals surface area (Å²) in [5, 5.41) is 0. The summed E-state index contributed by atoms with van der Waals surface area (Å²) in [6, 6.07) is 18.6. The molecule has 3 atom stereocenters. The van der Waals surface area contributed by atoms with Crippen molar-refractivity contribution in [3.8, 4) is 0 Å². The Morgan fingerprint density at radius 3 is 2.48 bits per heavy atom. The van der Waals surface area contributed by atoms with E-state index in [-0.39, 0.29) is 11.9 Å². The number of nitrogens with zero attached hydrogens (tertiary/aromatic N) is 2. The third-order valence-corrected chi connectivity index (χ3v) is 5.81. The Morgan fingerprint density at radius 2 is 1.85 bits per heavy atom. The van der Waals surface area contributed by atoms with E-state index in [1.807, 2.05) is 43.1 Å². The molecule has 1 fully saturated rings. The first-order valence-electron chi connectivity index (χ1n) is 9.82. The number of likely N-dealkylation sites (tertiary alicyclic amines) is 1. The van der Waals surface area contributed by atoms with E-state index >= 15 is 0 Å². The van der Waals surface area contributed by atoms with Gasteiger partial charge in [-0.1, -0.05) is 60.2 Å². The predicted molar refractivity (Wildman–Crippen MR) is 110 cm³/mol. The van der Waals surface area contributed by atoms with Crippen LogP contribution in [-0.4, -0.2) is 41.4 Å². The Hall–Kier alpha value is -2.17. The fourth-order valence-electron chi connectivity index (χ4n) is 3.92. The van der Waals surface area contributed by atoms with Gasteiger partial charge in [-0.2, -0.15) is 0 Å². The Bertz CT molecular complexity index is 744. The van der Waals surface area contributed by atoms with Crippen LogP contribution in [0.25, 0.3) is 0 Å². The summed E-state index contributed by atoms with van der Waals surface area (Å²) in [4.78, 5) is 17.3. The Kier molecular flexibility index (Phi) is 6.30. The van der Waals surface area contributed by atoms with Gasteiger partial charge in [-0.15, -0.1) is 0 Å². The first kappa shape index (κ1) is 19.6. The van der Waals surface area contributed by atoms with Crippen molar-refractivity contribution >= 4 is 5.91 Å². The molecule has 3 rings (SSSR count). The van der Waals surface area contributed by atoms with Gasteiger partial charge in [0.05, 0.1) is 0 Å². The van der Waals surface area contributed by atoms with Gasteiger partial charge in [-0.05, 0) is 37.8 Å². The van der Waals surface area contributed by atoms with Crippen LogP contribution in [0, 0.1) is 6.92 Å². The first-order valence-corrected chi connectivity index (χ1v) is 9.82. The molecule has 1 saturated heterocycles. The number of aryl methyl sites for hydroxylation is 1. The number of carbonyl (C=O) groups excluding carboxylic acids is 1. The largest absolute Gasteiger partial charge is 0.341 e. The van der Waals surface area contributed by atoms with Crippen LogP contribution in [0.2, 0.25) is 0 Å². The highest BCUT2D eigenvalue weighted by atomic mass is 16.2. The Morgan fingerprint density at radius 1 is 1.19 bits per heavy atom. The van der Waals surface area contributed by atoms with Gasteiger partial charge in [0.15, 0.2) is 0 Å². The van der Waals surface area contributed by atoms with Crippen molar-refractivity contribution < 1.29 is 4.79 Å². The van der Waals surface area contributed by atoms with E-state index in [0.29, 0.717) is 6.04 Å². The van der Waals surface area contributed by atoms with Gasteiger partial charge in [0.2, 0.25) is 5.91 Å². The molecule has 1 aliphatic rings. The summed E-state index contributed by atoms with van der Waals surface area (Å²) in [6.45, 7) is 6.26. The van der Waals surface area contributed by atoms with Crippen LogP contribution >= 0.6 is 0 Å². The van der Waals surface area contributed by atoms with E-state index in [9.17, 15) is 4.79 Å². The maximum Gasteiger partial charge on any atom is 0.244 e. The molecule has 144 valence electrons. The third kappa shape index (κ3) is 4.76. The van der Waals surface area contributed by atoms with Gasteiger partial charge in [0.25, 0.3) is 0 Å². The van der Waals surface area contributed by atoms with Crippen LogP contribution in [-0.2, 0) is 11.3 Å². The molecule has 0 aliphatic carbocycles. The lowest BCUT2D eigenvalue weighted by Gasteiger charge is -2.41. The number of likely N-dealkylation sites (N-methyl/N-ethyl adjacent to an activating group) is 1. The zero-order valence-corrected chi connectivity index (χ0v) is 16.6. The first-order chi connectivity index (χ1) is 13.0. The molecule has 1 aliphatic heterocycles. The van der Waals surface area contributed by atoms with Gasteiger partial charge in [0.1, 0.15) is 6.04 Å². The normalized spacial score (nSPS) is 21.6. The van der Waals surface area contributed by atoms with Gasteiger partial charge in [0, 0.05) is 32.2 Å². The average Bonchev–Trinajstić information content (AvgIpc) is 2.69. The van der Waals surface area contributed by atoms with Crippen molar-refractivity contribution in [1.82, 2.24) is 9.80 Å². The second-order valence-electron chi connectivity index (χ2n) is 7.82. The summed E-state index contributed by atoms with van der Waals surface area (Å²) in [5.74, 6) is 0.00700. The maximum atomic E-state index is 12.9. The summed E-state index contributed by atoms with van der Waals surface area (Å²) in [7, 11) is 1.90. The van der Waals surface area contributed by atoms with Crippen molar-refractivity contribution in [2.24, 2.45) is 5.73 Å². The molecule has 2 N–H and O–H groups in total. The van der Waals surface area contributed by atoms with E-state index in [1.165, 1.54) is 11.1 Å². The second kappa shape index (κ2) is 8.68. The zero-order chi connectivity index (χ0) is 19.4.